The van der Waals surface area contributed by atoms with E-state index in [1.54, 1.807) is 23.6 Å². The molecule has 0 aliphatic carbocycles. The molecule has 0 saturated carbocycles. The monoisotopic (exact) mass is 276 g/mol. The fourth-order valence-corrected chi connectivity index (χ4v) is 2.54. The Morgan fingerprint density at radius 3 is 2.79 bits per heavy atom. The van der Waals surface area contributed by atoms with Crippen LogP contribution in [0.2, 0.25) is 0 Å². The van der Waals surface area contributed by atoms with Gasteiger partial charge in [0, 0.05) is 24.2 Å². The number of methoxy groups -OCH3 is 1. The van der Waals surface area contributed by atoms with Crippen molar-refractivity contribution in [3.8, 4) is 0 Å². The fraction of sp³-hybridized carbons (Fsp3) is 0.286. The van der Waals surface area contributed by atoms with Gasteiger partial charge in [0.1, 0.15) is 0 Å². The Morgan fingerprint density at radius 1 is 1.37 bits per heavy atom. The summed E-state index contributed by atoms with van der Waals surface area (Å²) in [4.78, 5) is 19.1. The number of thiophene rings is 1. The number of nitrogens with zero attached hydrogens (tertiary/aromatic N) is 2. The molecule has 0 aliphatic rings. The zero-order valence-corrected chi connectivity index (χ0v) is 11.8. The number of rotatable bonds is 5. The summed E-state index contributed by atoms with van der Waals surface area (Å²) in [5, 5.41) is 2.08. The summed E-state index contributed by atoms with van der Waals surface area (Å²) in [6, 6.07) is 7.77. The molecule has 19 heavy (non-hydrogen) atoms. The van der Waals surface area contributed by atoms with Gasteiger partial charge in [-0.2, -0.15) is 0 Å². The predicted molar refractivity (Wildman–Crippen MR) is 75.1 cm³/mol. The second-order valence-electron chi connectivity index (χ2n) is 4.28. The molecule has 100 valence electrons. The summed E-state index contributed by atoms with van der Waals surface area (Å²) in [6.45, 7) is 1.65. The van der Waals surface area contributed by atoms with Crippen molar-refractivity contribution in [3.05, 3.63) is 52.0 Å². The maximum Gasteiger partial charge on any atom is 0.339 e. The van der Waals surface area contributed by atoms with Crippen LogP contribution in [0.15, 0.2) is 35.8 Å². The molecule has 0 radical (unpaired) electrons. The van der Waals surface area contributed by atoms with E-state index in [2.05, 4.69) is 39.2 Å². The molecular weight excluding hydrogens is 260 g/mol. The lowest BCUT2D eigenvalue weighted by Crippen LogP contribution is -2.17. The number of aromatic nitrogens is 1. The highest BCUT2D eigenvalue weighted by Gasteiger charge is 2.07. The molecule has 0 atom stereocenters. The number of esters is 1. The average Bonchev–Trinajstić information content (AvgIpc) is 2.91. The molecule has 2 heterocycles. The van der Waals surface area contributed by atoms with Crippen molar-refractivity contribution in [1.29, 1.82) is 0 Å². The van der Waals surface area contributed by atoms with Crippen LogP contribution in [0.1, 0.15) is 20.9 Å². The third-order valence-corrected chi connectivity index (χ3v) is 3.54. The standard InChI is InChI=1S/C14H16N2O2S/c1-16(10-13-4-3-7-19-13)9-12-6-5-11(8-15-12)14(17)18-2/h3-8H,9-10H2,1-2H3. The van der Waals surface area contributed by atoms with Crippen molar-refractivity contribution in [2.75, 3.05) is 14.2 Å². The normalized spacial score (nSPS) is 10.7. The Morgan fingerprint density at radius 2 is 2.21 bits per heavy atom. The first-order chi connectivity index (χ1) is 9.19. The lowest BCUT2D eigenvalue weighted by molar-refractivity contribution is 0.0600. The maximum absolute atomic E-state index is 11.3. The summed E-state index contributed by atoms with van der Waals surface area (Å²) in [5.74, 6) is -0.356. The van der Waals surface area contributed by atoms with Crippen LogP contribution in [0.25, 0.3) is 0 Å². The lowest BCUT2D eigenvalue weighted by atomic mass is 10.2. The van der Waals surface area contributed by atoms with E-state index in [1.807, 2.05) is 6.07 Å². The molecule has 0 aromatic carbocycles. The van der Waals surface area contributed by atoms with Crippen molar-refractivity contribution in [2.45, 2.75) is 13.1 Å². The van der Waals surface area contributed by atoms with Gasteiger partial charge in [-0.1, -0.05) is 6.07 Å². The highest BCUT2D eigenvalue weighted by atomic mass is 32.1. The highest BCUT2D eigenvalue weighted by molar-refractivity contribution is 7.09. The van der Waals surface area contributed by atoms with Crippen LogP contribution >= 0.6 is 11.3 Å². The van der Waals surface area contributed by atoms with E-state index in [9.17, 15) is 4.79 Å². The Kier molecular flexibility index (Phi) is 4.65. The fourth-order valence-electron chi connectivity index (χ4n) is 1.76. The van der Waals surface area contributed by atoms with Crippen LogP contribution in [0, 0.1) is 0 Å². The van der Waals surface area contributed by atoms with Crippen molar-refractivity contribution >= 4 is 17.3 Å². The molecule has 0 bridgehead atoms. The first-order valence-electron chi connectivity index (χ1n) is 5.93. The van der Waals surface area contributed by atoms with Gasteiger partial charge in [0.25, 0.3) is 0 Å². The van der Waals surface area contributed by atoms with E-state index in [1.165, 1.54) is 12.0 Å². The van der Waals surface area contributed by atoms with E-state index in [0.717, 1.165) is 18.8 Å². The third kappa shape index (κ3) is 3.87. The lowest BCUT2D eigenvalue weighted by Gasteiger charge is -2.15. The van der Waals surface area contributed by atoms with E-state index in [-0.39, 0.29) is 5.97 Å². The summed E-state index contributed by atoms with van der Waals surface area (Å²) in [6.07, 6.45) is 1.56. The minimum Gasteiger partial charge on any atom is -0.465 e. The molecule has 0 aliphatic heterocycles. The molecule has 2 rings (SSSR count). The van der Waals surface area contributed by atoms with Gasteiger partial charge in [0.15, 0.2) is 0 Å². The molecule has 0 amide bonds. The van der Waals surface area contributed by atoms with Crippen LogP contribution in [0.3, 0.4) is 0 Å². The second kappa shape index (κ2) is 6.45. The first-order valence-corrected chi connectivity index (χ1v) is 6.81. The van der Waals surface area contributed by atoms with Crippen LogP contribution in [0.4, 0.5) is 0 Å². The van der Waals surface area contributed by atoms with Crippen molar-refractivity contribution in [2.24, 2.45) is 0 Å². The number of pyridine rings is 1. The van der Waals surface area contributed by atoms with E-state index >= 15 is 0 Å². The summed E-state index contributed by atoms with van der Waals surface area (Å²) < 4.78 is 4.64. The average molecular weight is 276 g/mol. The number of carbonyl (C=O) groups is 1. The zero-order valence-electron chi connectivity index (χ0n) is 11.0. The summed E-state index contributed by atoms with van der Waals surface area (Å²) in [5.41, 5.74) is 1.42. The van der Waals surface area contributed by atoms with Gasteiger partial charge >= 0.3 is 5.97 Å². The largest absolute Gasteiger partial charge is 0.465 e. The van der Waals surface area contributed by atoms with Crippen molar-refractivity contribution in [3.63, 3.8) is 0 Å². The molecule has 2 aromatic rings. The number of carbonyl (C=O) groups excluding carboxylic acids is 1. The third-order valence-electron chi connectivity index (χ3n) is 2.68. The highest BCUT2D eigenvalue weighted by Crippen LogP contribution is 2.12. The van der Waals surface area contributed by atoms with Gasteiger partial charge in [-0.25, -0.2) is 4.79 Å². The Hall–Kier alpha value is -1.72. The Labute approximate surface area is 116 Å². The quantitative estimate of drug-likeness (QED) is 0.787. The topological polar surface area (TPSA) is 42.4 Å². The zero-order chi connectivity index (χ0) is 13.7. The van der Waals surface area contributed by atoms with Crippen molar-refractivity contribution in [1.82, 2.24) is 9.88 Å². The van der Waals surface area contributed by atoms with Gasteiger partial charge in [-0.15, -0.1) is 11.3 Å². The van der Waals surface area contributed by atoms with Gasteiger partial charge in [0.05, 0.1) is 18.4 Å². The molecule has 0 fully saturated rings. The molecule has 0 N–H and O–H groups in total. The summed E-state index contributed by atoms with van der Waals surface area (Å²) in [7, 11) is 3.42. The SMILES string of the molecule is COC(=O)c1ccc(CN(C)Cc2cccs2)nc1. The Balaban J connectivity index is 1.93. The number of hydrogen-bond acceptors (Lipinski definition) is 5. The molecule has 0 spiro atoms. The number of hydrogen-bond donors (Lipinski definition) is 0. The smallest absolute Gasteiger partial charge is 0.339 e. The van der Waals surface area contributed by atoms with Crippen LogP contribution < -0.4 is 0 Å². The van der Waals surface area contributed by atoms with Crippen molar-refractivity contribution < 1.29 is 9.53 Å². The molecule has 5 heteroatoms. The van der Waals surface area contributed by atoms with E-state index in [4.69, 9.17) is 0 Å². The van der Waals surface area contributed by atoms with Crippen LogP contribution in [-0.4, -0.2) is 30.0 Å². The van der Waals surface area contributed by atoms with Crippen LogP contribution in [-0.2, 0) is 17.8 Å². The van der Waals surface area contributed by atoms with E-state index in [0.29, 0.717) is 5.56 Å². The molecular formula is C14H16N2O2S. The van der Waals surface area contributed by atoms with Gasteiger partial charge in [0.2, 0.25) is 0 Å². The minimum absolute atomic E-state index is 0.356. The molecule has 4 nitrogen and oxygen atoms in total. The summed E-state index contributed by atoms with van der Waals surface area (Å²) >= 11 is 1.75. The van der Waals surface area contributed by atoms with Gasteiger partial charge in [-0.05, 0) is 30.6 Å². The van der Waals surface area contributed by atoms with Gasteiger partial charge in [-0.3, -0.25) is 9.88 Å². The first kappa shape index (κ1) is 13.7. The van der Waals surface area contributed by atoms with E-state index < -0.39 is 0 Å². The molecule has 0 saturated heterocycles. The predicted octanol–water partition coefficient (Wildman–Crippen LogP) is 2.56. The minimum atomic E-state index is -0.356. The second-order valence-corrected chi connectivity index (χ2v) is 5.31. The maximum atomic E-state index is 11.3. The number of ether oxygens (including phenoxy) is 1. The molecule has 0 unspecified atom stereocenters. The molecule has 2 aromatic heterocycles. The Bertz CT molecular complexity index is 523. The van der Waals surface area contributed by atoms with Crippen LogP contribution in [0.5, 0.6) is 0 Å². The van der Waals surface area contributed by atoms with Gasteiger partial charge < -0.3 is 4.74 Å².